The van der Waals surface area contributed by atoms with Crippen molar-refractivity contribution in [3.63, 3.8) is 0 Å². The minimum absolute atomic E-state index is 0. The number of nitrogens with zero attached hydrogens (tertiary/aromatic N) is 1. The van der Waals surface area contributed by atoms with E-state index >= 15 is 0 Å². The molecule has 3 aromatic carbocycles. The molecule has 244 valence electrons. The summed E-state index contributed by atoms with van der Waals surface area (Å²) in [6.45, 7) is 4.96. The molecule has 0 spiro atoms. The van der Waals surface area contributed by atoms with Crippen LogP contribution in [0.4, 0.5) is 13.2 Å². The largest absolute Gasteiger partial charge is 0.416 e. The van der Waals surface area contributed by atoms with Crippen LogP contribution in [0.3, 0.4) is 0 Å². The summed E-state index contributed by atoms with van der Waals surface area (Å²) >= 11 is 0. The van der Waals surface area contributed by atoms with E-state index in [4.69, 9.17) is 0 Å². The van der Waals surface area contributed by atoms with Gasteiger partial charge in [0, 0.05) is 36.8 Å². The normalized spacial score (nSPS) is 14.5. The van der Waals surface area contributed by atoms with Gasteiger partial charge in [0.25, 0.3) is 11.8 Å². The molecule has 2 atom stereocenters. The molecule has 1 aliphatic rings. The van der Waals surface area contributed by atoms with Gasteiger partial charge in [0.15, 0.2) is 0 Å². The number of aliphatic hydroxyl groups is 1. The highest BCUT2D eigenvalue weighted by Gasteiger charge is 2.33. The van der Waals surface area contributed by atoms with Crippen molar-refractivity contribution in [3.05, 3.63) is 106 Å². The maximum atomic E-state index is 13.7. The Hall–Kier alpha value is -3.40. The van der Waals surface area contributed by atoms with E-state index in [1.807, 2.05) is 35.2 Å². The van der Waals surface area contributed by atoms with Crippen molar-refractivity contribution in [1.29, 1.82) is 0 Å². The Kier molecular flexibility index (Phi) is 13.4. The minimum Gasteiger partial charge on any atom is -0.390 e. The van der Waals surface area contributed by atoms with Gasteiger partial charge in [-0.1, -0.05) is 81.3 Å². The number of hydrogen-bond acceptors (Lipinski definition) is 4. The Morgan fingerprint density at radius 1 is 0.956 bits per heavy atom. The van der Waals surface area contributed by atoms with Crippen LogP contribution in [0.1, 0.15) is 82.5 Å². The molecule has 6 nitrogen and oxygen atoms in total. The second-order valence-corrected chi connectivity index (χ2v) is 11.5. The van der Waals surface area contributed by atoms with Gasteiger partial charge in [-0.05, 0) is 60.6 Å². The van der Waals surface area contributed by atoms with E-state index in [1.54, 1.807) is 24.3 Å². The minimum atomic E-state index is -4.44. The summed E-state index contributed by atoms with van der Waals surface area (Å²) in [6.07, 6.45) is -0.702. The summed E-state index contributed by atoms with van der Waals surface area (Å²) < 4.78 is 39.3. The lowest BCUT2D eigenvalue weighted by atomic mass is 9.91. The monoisotopic (exact) mass is 645 g/mol. The van der Waals surface area contributed by atoms with Crippen molar-refractivity contribution < 1.29 is 27.9 Å². The lowest BCUT2D eigenvalue weighted by Crippen LogP contribution is -2.49. The molecule has 0 saturated heterocycles. The van der Waals surface area contributed by atoms with Crippen LogP contribution in [0.5, 0.6) is 0 Å². The summed E-state index contributed by atoms with van der Waals surface area (Å²) in [6, 6.07) is 19.2. The first kappa shape index (κ1) is 36.1. The quantitative estimate of drug-likeness (QED) is 0.185. The Morgan fingerprint density at radius 2 is 1.62 bits per heavy atom. The highest BCUT2D eigenvalue weighted by Crippen LogP contribution is 2.30. The van der Waals surface area contributed by atoms with Crippen molar-refractivity contribution in [1.82, 2.24) is 15.5 Å². The molecular weight excluding hydrogens is 603 g/mol. The fourth-order valence-electron chi connectivity index (χ4n) is 5.99. The van der Waals surface area contributed by atoms with E-state index in [9.17, 15) is 27.9 Å². The molecule has 3 N–H and O–H groups in total. The fourth-order valence-corrected chi connectivity index (χ4v) is 5.99. The first-order chi connectivity index (χ1) is 21.1. The Morgan fingerprint density at radius 3 is 2.29 bits per heavy atom. The maximum absolute atomic E-state index is 13.7. The van der Waals surface area contributed by atoms with Crippen LogP contribution in [0, 0.1) is 0 Å². The molecule has 10 heteroatoms. The molecule has 0 aromatic heterocycles. The van der Waals surface area contributed by atoms with Gasteiger partial charge in [0.2, 0.25) is 0 Å². The molecule has 2 amide bonds. The molecule has 0 aliphatic carbocycles. The third-order valence-electron chi connectivity index (χ3n) is 8.22. The van der Waals surface area contributed by atoms with Gasteiger partial charge >= 0.3 is 6.18 Å². The van der Waals surface area contributed by atoms with Crippen molar-refractivity contribution in [3.8, 4) is 0 Å². The number of benzene rings is 3. The number of carbonyl (C=O) groups is 2. The molecule has 3 aromatic rings. The summed E-state index contributed by atoms with van der Waals surface area (Å²) in [4.78, 5) is 29.2. The highest BCUT2D eigenvalue weighted by molar-refractivity contribution is 6.03. The van der Waals surface area contributed by atoms with E-state index < -0.39 is 23.9 Å². The molecule has 0 saturated carbocycles. The lowest BCUT2D eigenvalue weighted by molar-refractivity contribution is -0.137. The van der Waals surface area contributed by atoms with Gasteiger partial charge in [-0.2, -0.15) is 13.2 Å². The summed E-state index contributed by atoms with van der Waals surface area (Å²) in [5, 5.41) is 17.2. The molecule has 0 fully saturated rings. The van der Waals surface area contributed by atoms with Crippen molar-refractivity contribution in [2.75, 3.05) is 13.1 Å². The predicted octanol–water partition coefficient (Wildman–Crippen LogP) is 6.59. The topological polar surface area (TPSA) is 81.7 Å². The van der Waals surface area contributed by atoms with Crippen LogP contribution in [-0.4, -0.2) is 53.1 Å². The number of alkyl halides is 3. The summed E-state index contributed by atoms with van der Waals surface area (Å²) in [7, 11) is 0. The lowest BCUT2D eigenvalue weighted by Gasteiger charge is -2.36. The van der Waals surface area contributed by atoms with Gasteiger partial charge in [-0.25, -0.2) is 0 Å². The number of hydrogen-bond donors (Lipinski definition) is 3. The van der Waals surface area contributed by atoms with E-state index in [1.165, 1.54) is 6.07 Å². The zero-order valence-corrected chi connectivity index (χ0v) is 26.6. The molecule has 45 heavy (non-hydrogen) atoms. The molecular formula is C35H43ClF3N3O3. The molecule has 0 bridgehead atoms. The molecule has 4 rings (SSSR count). The fraction of sp³-hybridized carbons (Fsp3) is 0.429. The Labute approximate surface area is 269 Å². The van der Waals surface area contributed by atoms with Gasteiger partial charge in [0.1, 0.15) is 0 Å². The van der Waals surface area contributed by atoms with Gasteiger partial charge in [-0.3, -0.25) is 9.59 Å². The SMILES string of the molecule is CCCC(CCC)N1CCc2c(C(=O)N[C@@H](Cc3ccccc3)[C@@H](O)CNCc3cccc(C(F)(F)F)c3)cccc2C1=O.Cl. The van der Waals surface area contributed by atoms with Crippen molar-refractivity contribution in [2.24, 2.45) is 0 Å². The number of nitrogens with one attached hydrogen (secondary N) is 2. The molecule has 1 aliphatic heterocycles. The number of amides is 2. The number of fused-ring (bicyclic) bond motifs is 1. The maximum Gasteiger partial charge on any atom is 0.416 e. The van der Waals surface area contributed by atoms with E-state index in [-0.39, 0.29) is 43.4 Å². The first-order valence-electron chi connectivity index (χ1n) is 15.4. The summed E-state index contributed by atoms with van der Waals surface area (Å²) in [5.74, 6) is -0.424. The van der Waals surface area contributed by atoms with Gasteiger partial charge in [-0.15, -0.1) is 12.4 Å². The third-order valence-corrected chi connectivity index (χ3v) is 8.22. The number of carbonyl (C=O) groups excluding carboxylic acids is 2. The van der Waals surface area contributed by atoms with Crippen LogP contribution in [0.15, 0.2) is 72.8 Å². The van der Waals surface area contributed by atoms with E-state index in [0.717, 1.165) is 43.4 Å². The molecule has 0 radical (unpaired) electrons. The average Bonchev–Trinajstić information content (AvgIpc) is 3.01. The van der Waals surface area contributed by atoms with Crippen molar-refractivity contribution >= 4 is 24.2 Å². The van der Waals surface area contributed by atoms with Crippen LogP contribution < -0.4 is 10.6 Å². The number of halogens is 4. The average molecular weight is 646 g/mol. The van der Waals surface area contributed by atoms with Crippen LogP contribution >= 0.6 is 12.4 Å². The number of aliphatic hydroxyl groups excluding tert-OH is 1. The molecule has 1 heterocycles. The predicted molar refractivity (Wildman–Crippen MR) is 173 cm³/mol. The third kappa shape index (κ3) is 9.55. The van der Waals surface area contributed by atoms with Crippen molar-refractivity contribution in [2.45, 2.75) is 83.3 Å². The second kappa shape index (κ2) is 16.8. The van der Waals surface area contributed by atoms with E-state index in [0.29, 0.717) is 41.6 Å². The van der Waals surface area contributed by atoms with Gasteiger partial charge in [0.05, 0.1) is 17.7 Å². The Balaban J connectivity index is 0.00000552. The van der Waals surface area contributed by atoms with Gasteiger partial charge < -0.3 is 20.6 Å². The molecule has 0 unspecified atom stereocenters. The summed E-state index contributed by atoms with van der Waals surface area (Å²) in [5.41, 5.74) is 2.29. The standard InChI is InChI=1S/C35H42F3N3O3.ClH/c1-3-10-27(11-4-2)41-19-18-28-29(16-9-17-30(28)34(41)44)33(43)40-31(21-24-12-6-5-7-13-24)32(42)23-39-22-25-14-8-15-26(20-25)35(36,37)38;/h5-9,12-17,20,27,31-32,39,42H,3-4,10-11,18-19,21-23H2,1-2H3,(H,40,43);1H/t31-,32-;/m0./s1. The van der Waals surface area contributed by atoms with Crippen LogP contribution in [0.2, 0.25) is 0 Å². The van der Waals surface area contributed by atoms with E-state index in [2.05, 4.69) is 24.5 Å². The smallest absolute Gasteiger partial charge is 0.390 e. The van der Waals surface area contributed by atoms with Crippen LogP contribution in [0.25, 0.3) is 0 Å². The zero-order valence-electron chi connectivity index (χ0n) is 25.8. The Bertz CT molecular complexity index is 1400. The first-order valence-corrected chi connectivity index (χ1v) is 15.4. The second-order valence-electron chi connectivity index (χ2n) is 11.5. The van der Waals surface area contributed by atoms with Crippen LogP contribution in [-0.2, 0) is 25.6 Å². The zero-order chi connectivity index (χ0) is 31.7. The highest BCUT2D eigenvalue weighted by atomic mass is 35.5. The number of rotatable bonds is 14.